The molecule has 0 radical (unpaired) electrons. The molecule has 3 rings (SSSR count). The third-order valence-corrected chi connectivity index (χ3v) is 3.81. The van der Waals surface area contributed by atoms with Crippen molar-refractivity contribution >= 4 is 27.5 Å². The van der Waals surface area contributed by atoms with Crippen molar-refractivity contribution in [3.63, 3.8) is 0 Å². The lowest BCUT2D eigenvalue weighted by molar-refractivity contribution is -0.132. The minimum atomic E-state index is -0.885. The Kier molecular flexibility index (Phi) is 2.47. The van der Waals surface area contributed by atoms with E-state index in [1.165, 1.54) is 0 Å². The molecule has 1 unspecified atom stereocenters. The monoisotopic (exact) mass is 311 g/mol. The number of ether oxygens (including phenoxy) is 2. The second kappa shape index (κ2) is 3.71. The molecule has 1 atom stereocenters. The molecule has 4 nitrogen and oxygen atoms in total. The first-order chi connectivity index (χ1) is 8.40. The average Bonchev–Trinajstić information content (AvgIpc) is 2.58. The van der Waals surface area contributed by atoms with Gasteiger partial charge < -0.3 is 14.8 Å². The molecule has 1 N–H and O–H groups in total. The summed E-state index contributed by atoms with van der Waals surface area (Å²) in [6, 6.07) is 5.58. The van der Waals surface area contributed by atoms with Gasteiger partial charge in [0.05, 0.1) is 17.9 Å². The van der Waals surface area contributed by atoms with E-state index >= 15 is 0 Å². The maximum Gasteiger partial charge on any atom is 0.271 e. The van der Waals surface area contributed by atoms with E-state index < -0.39 is 5.60 Å². The van der Waals surface area contributed by atoms with Gasteiger partial charge in [-0.05, 0) is 32.0 Å². The standard InChI is InChI=1S/C13H14BrNO3/c1-12(2)6-13(7-17-12)11(16)15-9-5-8(14)3-4-10(9)18-13/h3-5H,6-7H2,1-2H3,(H,15,16). The summed E-state index contributed by atoms with van der Waals surface area (Å²) in [6.45, 7) is 4.23. The summed E-state index contributed by atoms with van der Waals surface area (Å²) in [5, 5.41) is 2.90. The molecule has 1 saturated heterocycles. The Morgan fingerprint density at radius 3 is 2.83 bits per heavy atom. The Morgan fingerprint density at radius 1 is 1.39 bits per heavy atom. The van der Waals surface area contributed by atoms with Crippen LogP contribution < -0.4 is 10.1 Å². The molecule has 0 saturated carbocycles. The van der Waals surface area contributed by atoms with Gasteiger partial charge in [0, 0.05) is 10.9 Å². The van der Waals surface area contributed by atoms with Crippen LogP contribution in [0.25, 0.3) is 0 Å². The smallest absolute Gasteiger partial charge is 0.271 e. The van der Waals surface area contributed by atoms with E-state index in [2.05, 4.69) is 21.2 Å². The van der Waals surface area contributed by atoms with Gasteiger partial charge in [0.2, 0.25) is 5.60 Å². The van der Waals surface area contributed by atoms with Gasteiger partial charge in [0.15, 0.2) is 0 Å². The minimum absolute atomic E-state index is 0.126. The molecule has 1 spiro atoms. The van der Waals surface area contributed by atoms with Gasteiger partial charge in [-0.2, -0.15) is 0 Å². The highest BCUT2D eigenvalue weighted by Crippen LogP contribution is 2.42. The van der Waals surface area contributed by atoms with Gasteiger partial charge in [0.1, 0.15) is 5.75 Å². The lowest BCUT2D eigenvalue weighted by Crippen LogP contribution is -2.52. The fourth-order valence-corrected chi connectivity index (χ4v) is 2.86. The van der Waals surface area contributed by atoms with E-state index in [9.17, 15) is 4.79 Å². The molecular weight excluding hydrogens is 298 g/mol. The number of halogens is 1. The summed E-state index contributed by atoms with van der Waals surface area (Å²) in [5.41, 5.74) is -0.515. The predicted octanol–water partition coefficient (Wildman–Crippen LogP) is 2.72. The number of amides is 1. The molecule has 18 heavy (non-hydrogen) atoms. The number of carbonyl (C=O) groups is 1. The summed E-state index contributed by atoms with van der Waals surface area (Å²) in [6.07, 6.45) is 0.557. The first kappa shape index (κ1) is 12.0. The topological polar surface area (TPSA) is 47.6 Å². The van der Waals surface area contributed by atoms with Crippen LogP contribution in [0.2, 0.25) is 0 Å². The second-order valence-electron chi connectivity index (χ2n) is 5.42. The highest BCUT2D eigenvalue weighted by Gasteiger charge is 2.54. The number of nitrogens with one attached hydrogen (secondary N) is 1. The molecule has 2 aliphatic rings. The van der Waals surface area contributed by atoms with Crippen LogP contribution in [0.3, 0.4) is 0 Å². The maximum atomic E-state index is 12.2. The van der Waals surface area contributed by atoms with E-state index in [4.69, 9.17) is 9.47 Å². The summed E-state index contributed by atoms with van der Waals surface area (Å²) >= 11 is 3.37. The van der Waals surface area contributed by atoms with Gasteiger partial charge in [-0.1, -0.05) is 15.9 Å². The van der Waals surface area contributed by atoms with Crippen molar-refractivity contribution in [3.05, 3.63) is 22.7 Å². The third kappa shape index (κ3) is 1.82. The van der Waals surface area contributed by atoms with Crippen molar-refractivity contribution in [1.82, 2.24) is 0 Å². The van der Waals surface area contributed by atoms with Crippen molar-refractivity contribution in [2.75, 3.05) is 11.9 Å². The minimum Gasteiger partial charge on any atom is -0.473 e. The number of rotatable bonds is 0. The van der Waals surface area contributed by atoms with Crippen molar-refractivity contribution in [2.45, 2.75) is 31.5 Å². The van der Waals surface area contributed by atoms with Gasteiger partial charge in [-0.3, -0.25) is 4.79 Å². The molecule has 0 bridgehead atoms. The Bertz CT molecular complexity index is 529. The number of carbonyl (C=O) groups excluding carboxylic acids is 1. The number of benzene rings is 1. The second-order valence-corrected chi connectivity index (χ2v) is 6.33. The van der Waals surface area contributed by atoms with Crippen LogP contribution in [0.5, 0.6) is 5.75 Å². The highest BCUT2D eigenvalue weighted by atomic mass is 79.9. The van der Waals surface area contributed by atoms with Crippen LogP contribution in [-0.2, 0) is 9.53 Å². The van der Waals surface area contributed by atoms with Crippen LogP contribution in [-0.4, -0.2) is 23.7 Å². The Labute approximate surface area is 114 Å². The molecule has 1 fully saturated rings. The zero-order valence-electron chi connectivity index (χ0n) is 10.2. The first-order valence-corrected chi connectivity index (χ1v) is 6.64. The number of fused-ring (bicyclic) bond motifs is 1. The Morgan fingerprint density at radius 2 is 2.17 bits per heavy atom. The Balaban J connectivity index is 1.98. The molecular formula is C13H14BrNO3. The van der Waals surface area contributed by atoms with E-state index in [0.29, 0.717) is 24.5 Å². The fraction of sp³-hybridized carbons (Fsp3) is 0.462. The lowest BCUT2D eigenvalue weighted by atomic mass is 9.91. The van der Waals surface area contributed by atoms with Crippen LogP contribution >= 0.6 is 15.9 Å². The number of anilines is 1. The van der Waals surface area contributed by atoms with E-state index in [-0.39, 0.29) is 11.5 Å². The fourth-order valence-electron chi connectivity index (χ4n) is 2.50. The van der Waals surface area contributed by atoms with Crippen molar-refractivity contribution in [3.8, 4) is 5.75 Å². The van der Waals surface area contributed by atoms with Crippen molar-refractivity contribution < 1.29 is 14.3 Å². The summed E-state index contributed by atoms with van der Waals surface area (Å²) in [4.78, 5) is 12.2. The highest BCUT2D eigenvalue weighted by molar-refractivity contribution is 9.10. The van der Waals surface area contributed by atoms with Crippen molar-refractivity contribution in [1.29, 1.82) is 0 Å². The molecule has 1 amide bonds. The van der Waals surface area contributed by atoms with Crippen LogP contribution in [0.4, 0.5) is 5.69 Å². The largest absolute Gasteiger partial charge is 0.473 e. The van der Waals surface area contributed by atoms with Gasteiger partial charge in [-0.15, -0.1) is 0 Å². The molecule has 1 aromatic rings. The summed E-state index contributed by atoms with van der Waals surface area (Å²) < 4.78 is 12.5. The summed E-state index contributed by atoms with van der Waals surface area (Å²) in [7, 11) is 0. The van der Waals surface area contributed by atoms with E-state index in [0.717, 1.165) is 4.47 Å². The number of hydrogen-bond acceptors (Lipinski definition) is 3. The van der Waals surface area contributed by atoms with Crippen LogP contribution in [0.15, 0.2) is 22.7 Å². The molecule has 2 heterocycles. The molecule has 0 aliphatic carbocycles. The quantitative estimate of drug-likeness (QED) is 0.801. The van der Waals surface area contributed by atoms with Gasteiger partial charge in [0.25, 0.3) is 5.91 Å². The summed E-state index contributed by atoms with van der Waals surface area (Å²) in [5.74, 6) is 0.567. The maximum absolute atomic E-state index is 12.2. The first-order valence-electron chi connectivity index (χ1n) is 5.84. The third-order valence-electron chi connectivity index (χ3n) is 3.32. The number of hydrogen-bond donors (Lipinski definition) is 1. The zero-order chi connectivity index (χ0) is 13.0. The van der Waals surface area contributed by atoms with Crippen LogP contribution in [0, 0.1) is 0 Å². The molecule has 1 aromatic carbocycles. The Hall–Kier alpha value is -1.07. The molecule has 96 valence electrons. The zero-order valence-corrected chi connectivity index (χ0v) is 11.8. The van der Waals surface area contributed by atoms with E-state index in [1.54, 1.807) is 0 Å². The molecule has 0 aromatic heterocycles. The predicted molar refractivity (Wildman–Crippen MR) is 70.8 cm³/mol. The van der Waals surface area contributed by atoms with Gasteiger partial charge >= 0.3 is 0 Å². The normalized spacial score (nSPS) is 28.7. The van der Waals surface area contributed by atoms with E-state index in [1.807, 2.05) is 32.0 Å². The van der Waals surface area contributed by atoms with Gasteiger partial charge in [-0.25, -0.2) is 0 Å². The lowest BCUT2D eigenvalue weighted by Gasteiger charge is -2.33. The van der Waals surface area contributed by atoms with Crippen LogP contribution in [0.1, 0.15) is 20.3 Å². The molecule has 2 aliphatic heterocycles. The molecule has 5 heteroatoms. The average molecular weight is 312 g/mol. The SMILES string of the molecule is CC1(C)CC2(CO1)Oc1ccc(Br)cc1NC2=O. The van der Waals surface area contributed by atoms with Crippen molar-refractivity contribution in [2.24, 2.45) is 0 Å².